The maximum atomic E-state index is 4.73. The summed E-state index contributed by atoms with van der Waals surface area (Å²) in [6.07, 6.45) is 6.69. The summed E-state index contributed by atoms with van der Waals surface area (Å²) in [5.41, 5.74) is 7.47. The van der Waals surface area contributed by atoms with E-state index in [1.807, 2.05) is 6.07 Å². The first-order valence-corrected chi connectivity index (χ1v) is 14.8. The smallest absolute Gasteiger partial charge is 0.237 e. The highest BCUT2D eigenvalue weighted by atomic mass is 15.2. The maximum absolute atomic E-state index is 4.73. The van der Waals surface area contributed by atoms with Gasteiger partial charge in [-0.1, -0.05) is 72.8 Å². The maximum Gasteiger partial charge on any atom is 0.237 e. The number of nitrogens with zero attached hydrogens (tertiary/aromatic N) is 8. The Labute approximate surface area is 255 Å². The van der Waals surface area contributed by atoms with Crippen LogP contribution in [0.3, 0.4) is 0 Å². The first-order chi connectivity index (χ1) is 22.4. The molecule has 10 rings (SSSR count). The first kappa shape index (κ1) is 24.1. The fourth-order valence-corrected chi connectivity index (χ4v) is 7.12. The lowest BCUT2D eigenvalue weighted by atomic mass is 10.1. The highest BCUT2D eigenvalue weighted by Gasteiger charge is 2.24. The Kier molecular flexibility index (Phi) is 4.84. The molecule has 0 aliphatic rings. The van der Waals surface area contributed by atoms with Crippen molar-refractivity contribution < 1.29 is 0 Å². The molecule has 0 unspecified atom stereocenters. The third kappa shape index (κ3) is 3.22. The van der Waals surface area contributed by atoms with E-state index in [4.69, 9.17) is 9.97 Å². The molecule has 0 amide bonds. The lowest BCUT2D eigenvalue weighted by Gasteiger charge is -2.13. The van der Waals surface area contributed by atoms with Crippen LogP contribution in [0, 0.1) is 0 Å². The number of aromatic nitrogens is 8. The largest absolute Gasteiger partial charge is 0.306 e. The Morgan fingerprint density at radius 1 is 0.378 bits per heavy atom. The van der Waals surface area contributed by atoms with Gasteiger partial charge in [0.05, 0.1) is 38.8 Å². The summed E-state index contributed by atoms with van der Waals surface area (Å²) < 4.78 is 6.74. The second kappa shape index (κ2) is 9.05. The normalized spacial score (nSPS) is 12.0. The molecular weight excluding hydrogens is 556 g/mol. The average molecular weight is 579 g/mol. The van der Waals surface area contributed by atoms with Crippen molar-refractivity contribution in [3.8, 4) is 17.6 Å². The van der Waals surface area contributed by atoms with E-state index in [0.717, 1.165) is 65.7 Å². The summed E-state index contributed by atoms with van der Waals surface area (Å²) in [4.78, 5) is 22.6. The summed E-state index contributed by atoms with van der Waals surface area (Å²) in [5, 5.41) is 6.88. The van der Waals surface area contributed by atoms with Gasteiger partial charge in [0, 0.05) is 44.7 Å². The Morgan fingerprint density at radius 3 is 1.60 bits per heavy atom. The zero-order valence-electron chi connectivity index (χ0n) is 23.8. The van der Waals surface area contributed by atoms with E-state index in [2.05, 4.69) is 132 Å². The minimum absolute atomic E-state index is 0.583. The molecule has 8 nitrogen and oxygen atoms in total. The molecule has 5 aromatic heterocycles. The van der Waals surface area contributed by atoms with Crippen molar-refractivity contribution in [3.05, 3.63) is 134 Å². The molecule has 0 N–H and O–H groups in total. The summed E-state index contributed by atoms with van der Waals surface area (Å²) in [6, 6.07) is 38.4. The van der Waals surface area contributed by atoms with Crippen LogP contribution in [0.4, 0.5) is 0 Å². The van der Waals surface area contributed by atoms with E-state index in [1.54, 1.807) is 25.0 Å². The van der Waals surface area contributed by atoms with E-state index < -0.39 is 0 Å². The second-order valence-corrected chi connectivity index (χ2v) is 11.1. The van der Waals surface area contributed by atoms with E-state index >= 15 is 0 Å². The molecule has 210 valence electrons. The van der Waals surface area contributed by atoms with Crippen molar-refractivity contribution in [2.24, 2.45) is 0 Å². The van der Waals surface area contributed by atoms with Crippen molar-refractivity contribution in [3.63, 3.8) is 0 Å². The van der Waals surface area contributed by atoms with Gasteiger partial charge in [0.1, 0.15) is 12.7 Å². The fourth-order valence-electron chi connectivity index (χ4n) is 7.12. The standard InChI is InChI=1S/C37H22N8/c1-4-12-28-23(9-1)25-17-18-26-24-10-2-5-13-29(24)45(36-39-19-8-20-40-36)35(26)34(25)43(28)31-15-7-16-32-33(31)27-11-3-6-14-30(27)44(32)37-41-21-38-22-42-37/h1-22H. The van der Waals surface area contributed by atoms with Gasteiger partial charge in [-0.25, -0.2) is 24.9 Å². The van der Waals surface area contributed by atoms with Crippen LogP contribution >= 0.6 is 0 Å². The van der Waals surface area contributed by atoms with Gasteiger partial charge in [-0.3, -0.25) is 9.13 Å². The van der Waals surface area contributed by atoms with Crippen molar-refractivity contribution in [1.29, 1.82) is 0 Å². The molecule has 45 heavy (non-hydrogen) atoms. The van der Waals surface area contributed by atoms with Crippen molar-refractivity contribution in [2.75, 3.05) is 0 Å². The third-order valence-corrected chi connectivity index (χ3v) is 8.82. The van der Waals surface area contributed by atoms with Crippen molar-refractivity contribution in [2.45, 2.75) is 0 Å². The molecule has 0 spiro atoms. The molecule has 0 aliphatic heterocycles. The Balaban J connectivity index is 1.45. The topological polar surface area (TPSA) is 79.2 Å². The Bertz CT molecular complexity index is 2760. The fraction of sp³-hybridized carbons (Fsp3) is 0. The van der Waals surface area contributed by atoms with E-state index in [9.17, 15) is 0 Å². The molecule has 0 saturated heterocycles. The molecule has 0 aliphatic carbocycles. The predicted octanol–water partition coefficient (Wildman–Crippen LogP) is 7.95. The van der Waals surface area contributed by atoms with Crippen molar-refractivity contribution >= 4 is 65.4 Å². The monoisotopic (exact) mass is 578 g/mol. The van der Waals surface area contributed by atoms with Crippen LogP contribution in [-0.2, 0) is 0 Å². The summed E-state index contributed by atoms with van der Waals surface area (Å²) in [7, 11) is 0. The first-order valence-electron chi connectivity index (χ1n) is 14.8. The molecule has 0 fully saturated rings. The summed E-state index contributed by atoms with van der Waals surface area (Å²) in [5.74, 6) is 1.22. The van der Waals surface area contributed by atoms with E-state index in [-0.39, 0.29) is 0 Å². The molecular formula is C37H22N8. The van der Waals surface area contributed by atoms with Crippen molar-refractivity contribution in [1.82, 2.24) is 38.6 Å². The van der Waals surface area contributed by atoms with Crippen LogP contribution in [0.1, 0.15) is 0 Å². The summed E-state index contributed by atoms with van der Waals surface area (Å²) >= 11 is 0. The number of rotatable bonds is 3. The number of hydrogen-bond acceptors (Lipinski definition) is 5. The van der Waals surface area contributed by atoms with Gasteiger partial charge in [-0.15, -0.1) is 0 Å². The average Bonchev–Trinajstić information content (AvgIpc) is 3.75. The van der Waals surface area contributed by atoms with Crippen LogP contribution in [-0.4, -0.2) is 38.6 Å². The molecule has 5 aromatic carbocycles. The number of para-hydroxylation sites is 3. The molecule has 0 atom stereocenters. The third-order valence-electron chi connectivity index (χ3n) is 8.82. The summed E-state index contributed by atoms with van der Waals surface area (Å²) in [6.45, 7) is 0. The highest BCUT2D eigenvalue weighted by molar-refractivity contribution is 6.25. The van der Waals surface area contributed by atoms with Gasteiger partial charge in [0.2, 0.25) is 11.9 Å². The molecule has 8 heteroatoms. The second-order valence-electron chi connectivity index (χ2n) is 11.1. The van der Waals surface area contributed by atoms with Crippen LogP contribution in [0.15, 0.2) is 134 Å². The van der Waals surface area contributed by atoms with Crippen LogP contribution < -0.4 is 0 Å². The SMILES string of the molecule is c1cnc(-n2c3ccccc3c3ccc4c5ccccc5n(-c5cccc6c5c5ccccc5n6-c5ncncn5)c4c32)nc1. The van der Waals surface area contributed by atoms with Gasteiger partial charge in [0.15, 0.2) is 0 Å². The van der Waals surface area contributed by atoms with E-state index in [1.165, 1.54) is 5.39 Å². The zero-order chi connectivity index (χ0) is 29.5. The minimum Gasteiger partial charge on any atom is -0.306 e. The zero-order valence-corrected chi connectivity index (χ0v) is 23.8. The van der Waals surface area contributed by atoms with Crippen LogP contribution in [0.25, 0.3) is 83.0 Å². The van der Waals surface area contributed by atoms with Gasteiger partial charge in [-0.05, 0) is 36.4 Å². The minimum atomic E-state index is 0.583. The predicted molar refractivity (Wildman–Crippen MR) is 178 cm³/mol. The van der Waals surface area contributed by atoms with Crippen LogP contribution in [0.2, 0.25) is 0 Å². The Morgan fingerprint density at radius 2 is 0.911 bits per heavy atom. The number of hydrogen-bond donors (Lipinski definition) is 0. The highest BCUT2D eigenvalue weighted by Crippen LogP contribution is 2.43. The molecule has 0 saturated carbocycles. The van der Waals surface area contributed by atoms with Crippen LogP contribution in [0.5, 0.6) is 0 Å². The quantitative estimate of drug-likeness (QED) is 0.213. The lowest BCUT2D eigenvalue weighted by molar-refractivity contribution is 0.939. The molecule has 0 radical (unpaired) electrons. The van der Waals surface area contributed by atoms with E-state index in [0.29, 0.717) is 11.9 Å². The Hall–Kier alpha value is -6.41. The van der Waals surface area contributed by atoms with Gasteiger partial charge >= 0.3 is 0 Å². The lowest BCUT2D eigenvalue weighted by Crippen LogP contribution is -2.02. The van der Waals surface area contributed by atoms with Gasteiger partial charge in [-0.2, -0.15) is 0 Å². The molecule has 0 bridgehead atoms. The molecule has 5 heterocycles. The molecule has 10 aromatic rings. The van der Waals surface area contributed by atoms with Gasteiger partial charge in [0.25, 0.3) is 0 Å². The number of benzene rings is 5. The number of fused-ring (bicyclic) bond motifs is 10. The van der Waals surface area contributed by atoms with Gasteiger partial charge < -0.3 is 4.57 Å².